The maximum Gasteiger partial charge on any atom is 0.0807 e. The van der Waals surface area contributed by atoms with E-state index in [1.165, 1.54) is 12.0 Å². The molecular weight excluding hydrogens is 202 g/mol. The van der Waals surface area contributed by atoms with Crippen LogP contribution >= 0.6 is 0 Å². The quantitative estimate of drug-likeness (QED) is 0.768. The molecule has 0 radical (unpaired) electrons. The van der Waals surface area contributed by atoms with Gasteiger partial charge in [-0.3, -0.25) is 0 Å². The van der Waals surface area contributed by atoms with E-state index in [0.29, 0.717) is 0 Å². The summed E-state index contributed by atoms with van der Waals surface area (Å²) in [6.45, 7) is 3.07. The van der Waals surface area contributed by atoms with Crippen LogP contribution in [0.15, 0.2) is 12.4 Å². The van der Waals surface area contributed by atoms with Gasteiger partial charge in [-0.05, 0) is 30.7 Å². The average Bonchev–Trinajstić information content (AvgIpc) is 2.59. The van der Waals surface area contributed by atoms with Crippen LogP contribution in [-0.4, -0.2) is 21.4 Å². The van der Waals surface area contributed by atoms with Crippen LogP contribution in [0.2, 0.25) is 0 Å². The van der Waals surface area contributed by atoms with Crippen molar-refractivity contribution in [2.24, 2.45) is 5.92 Å². The fraction of sp³-hybridized carbons (Fsp3) is 0.692. The predicted octanol–water partition coefficient (Wildman–Crippen LogP) is 1.88. The SMILES string of the molecule is CC(CO)Cn1cc2c(c1)C(O)CCCC2. The maximum absolute atomic E-state index is 9.98. The van der Waals surface area contributed by atoms with Crippen LogP contribution in [0.4, 0.5) is 0 Å². The van der Waals surface area contributed by atoms with Crippen LogP contribution in [-0.2, 0) is 13.0 Å². The molecule has 0 aromatic carbocycles. The lowest BCUT2D eigenvalue weighted by Crippen LogP contribution is -2.09. The van der Waals surface area contributed by atoms with Crippen molar-refractivity contribution >= 4 is 0 Å². The lowest BCUT2D eigenvalue weighted by Gasteiger charge is -2.09. The molecule has 0 fully saturated rings. The number of nitrogens with zero attached hydrogens (tertiary/aromatic N) is 1. The number of aromatic nitrogens is 1. The van der Waals surface area contributed by atoms with Gasteiger partial charge in [0.15, 0.2) is 0 Å². The van der Waals surface area contributed by atoms with E-state index in [-0.39, 0.29) is 18.6 Å². The minimum atomic E-state index is -0.289. The van der Waals surface area contributed by atoms with Gasteiger partial charge in [-0.25, -0.2) is 0 Å². The van der Waals surface area contributed by atoms with Gasteiger partial charge in [0, 0.05) is 31.1 Å². The Bertz CT molecular complexity index is 346. The number of hydrogen-bond acceptors (Lipinski definition) is 2. The van der Waals surface area contributed by atoms with Crippen molar-refractivity contribution in [1.82, 2.24) is 4.57 Å². The summed E-state index contributed by atoms with van der Waals surface area (Å²) in [5, 5.41) is 19.0. The van der Waals surface area contributed by atoms with E-state index in [9.17, 15) is 5.11 Å². The molecule has 3 nitrogen and oxygen atoms in total. The van der Waals surface area contributed by atoms with E-state index < -0.39 is 0 Å². The molecule has 0 bridgehead atoms. The lowest BCUT2D eigenvalue weighted by atomic mass is 10.1. The first-order valence-electron chi connectivity index (χ1n) is 6.18. The molecule has 2 atom stereocenters. The molecule has 2 unspecified atom stereocenters. The summed E-state index contributed by atoms with van der Waals surface area (Å²) in [6, 6.07) is 0. The first-order valence-corrected chi connectivity index (χ1v) is 6.18. The van der Waals surface area contributed by atoms with E-state index in [2.05, 4.69) is 17.0 Å². The van der Waals surface area contributed by atoms with Crippen molar-refractivity contribution in [2.45, 2.75) is 45.3 Å². The van der Waals surface area contributed by atoms with Crippen molar-refractivity contribution < 1.29 is 10.2 Å². The van der Waals surface area contributed by atoms with Gasteiger partial charge in [0.05, 0.1) is 6.10 Å². The van der Waals surface area contributed by atoms with E-state index in [1.54, 1.807) is 0 Å². The Balaban J connectivity index is 2.15. The molecule has 1 heterocycles. The summed E-state index contributed by atoms with van der Waals surface area (Å²) in [6.07, 6.45) is 8.14. The van der Waals surface area contributed by atoms with Gasteiger partial charge in [-0.2, -0.15) is 0 Å². The minimum Gasteiger partial charge on any atom is -0.396 e. The Kier molecular flexibility index (Phi) is 3.66. The summed E-state index contributed by atoms with van der Waals surface area (Å²) >= 11 is 0. The second kappa shape index (κ2) is 5.02. The van der Waals surface area contributed by atoms with Crippen LogP contribution in [0.5, 0.6) is 0 Å². The van der Waals surface area contributed by atoms with Gasteiger partial charge in [0.25, 0.3) is 0 Å². The van der Waals surface area contributed by atoms with Crippen molar-refractivity contribution in [1.29, 1.82) is 0 Å². The van der Waals surface area contributed by atoms with Gasteiger partial charge in [-0.15, -0.1) is 0 Å². The minimum absolute atomic E-state index is 0.214. The first kappa shape index (κ1) is 11.7. The Labute approximate surface area is 96.7 Å². The summed E-state index contributed by atoms with van der Waals surface area (Å²) < 4.78 is 2.11. The third kappa shape index (κ3) is 2.47. The van der Waals surface area contributed by atoms with E-state index in [1.807, 2.05) is 6.92 Å². The molecule has 1 aromatic heterocycles. The summed E-state index contributed by atoms with van der Waals surface area (Å²) in [5.74, 6) is 0.271. The molecule has 16 heavy (non-hydrogen) atoms. The molecule has 0 aliphatic heterocycles. The summed E-state index contributed by atoms with van der Waals surface area (Å²) in [4.78, 5) is 0. The number of rotatable bonds is 3. The Morgan fingerprint density at radius 2 is 2.25 bits per heavy atom. The van der Waals surface area contributed by atoms with Gasteiger partial charge in [0.1, 0.15) is 0 Å². The van der Waals surface area contributed by atoms with E-state index in [4.69, 9.17) is 5.11 Å². The van der Waals surface area contributed by atoms with Gasteiger partial charge in [-0.1, -0.05) is 13.3 Å². The predicted molar refractivity (Wildman–Crippen MR) is 63.2 cm³/mol. The monoisotopic (exact) mass is 223 g/mol. The normalized spacial score (nSPS) is 22.6. The summed E-state index contributed by atoms with van der Waals surface area (Å²) in [5.41, 5.74) is 2.39. The highest BCUT2D eigenvalue weighted by Gasteiger charge is 2.18. The molecule has 2 rings (SSSR count). The van der Waals surface area contributed by atoms with Crippen LogP contribution in [0.1, 0.15) is 43.4 Å². The van der Waals surface area contributed by atoms with E-state index in [0.717, 1.165) is 31.4 Å². The van der Waals surface area contributed by atoms with Crippen molar-refractivity contribution in [3.63, 3.8) is 0 Å². The van der Waals surface area contributed by atoms with Gasteiger partial charge in [0.2, 0.25) is 0 Å². The molecule has 0 amide bonds. The highest BCUT2D eigenvalue weighted by molar-refractivity contribution is 5.28. The zero-order valence-corrected chi connectivity index (χ0v) is 9.89. The summed E-state index contributed by atoms with van der Waals surface area (Å²) in [7, 11) is 0. The van der Waals surface area contributed by atoms with Crippen LogP contribution in [0.3, 0.4) is 0 Å². The highest BCUT2D eigenvalue weighted by Crippen LogP contribution is 2.29. The third-order valence-electron chi connectivity index (χ3n) is 3.36. The fourth-order valence-electron chi connectivity index (χ4n) is 2.41. The fourth-order valence-corrected chi connectivity index (χ4v) is 2.41. The molecular formula is C13H21NO2. The Hall–Kier alpha value is -0.800. The van der Waals surface area contributed by atoms with Crippen LogP contribution in [0, 0.1) is 5.92 Å². The smallest absolute Gasteiger partial charge is 0.0807 e. The number of hydrogen-bond donors (Lipinski definition) is 2. The lowest BCUT2D eigenvalue weighted by molar-refractivity contribution is 0.166. The molecule has 0 saturated heterocycles. The molecule has 0 spiro atoms. The average molecular weight is 223 g/mol. The van der Waals surface area contributed by atoms with Crippen molar-refractivity contribution in [3.8, 4) is 0 Å². The second-order valence-electron chi connectivity index (χ2n) is 4.98. The largest absolute Gasteiger partial charge is 0.396 e. The number of aliphatic hydroxyl groups is 2. The topological polar surface area (TPSA) is 45.4 Å². The Morgan fingerprint density at radius 3 is 3.00 bits per heavy atom. The van der Waals surface area contributed by atoms with Gasteiger partial charge >= 0.3 is 0 Å². The van der Waals surface area contributed by atoms with Crippen molar-refractivity contribution in [3.05, 3.63) is 23.5 Å². The standard InChI is InChI=1S/C13H21NO2/c1-10(9-15)6-14-7-11-4-2-3-5-13(16)12(11)8-14/h7-8,10,13,15-16H,2-6,9H2,1H3. The molecule has 90 valence electrons. The maximum atomic E-state index is 9.98. The number of aryl methyl sites for hydroxylation is 1. The van der Waals surface area contributed by atoms with Crippen LogP contribution < -0.4 is 0 Å². The molecule has 1 aromatic rings. The zero-order valence-electron chi connectivity index (χ0n) is 9.89. The first-order chi connectivity index (χ1) is 7.70. The number of fused-ring (bicyclic) bond motifs is 1. The highest BCUT2D eigenvalue weighted by atomic mass is 16.3. The van der Waals surface area contributed by atoms with E-state index >= 15 is 0 Å². The number of aliphatic hydroxyl groups excluding tert-OH is 2. The van der Waals surface area contributed by atoms with Crippen LogP contribution in [0.25, 0.3) is 0 Å². The van der Waals surface area contributed by atoms with Crippen molar-refractivity contribution in [2.75, 3.05) is 6.61 Å². The molecule has 1 aliphatic carbocycles. The zero-order chi connectivity index (χ0) is 11.5. The van der Waals surface area contributed by atoms with Gasteiger partial charge < -0.3 is 14.8 Å². The molecule has 1 aliphatic rings. The molecule has 0 saturated carbocycles. The Morgan fingerprint density at radius 1 is 1.44 bits per heavy atom. The third-order valence-corrected chi connectivity index (χ3v) is 3.36. The molecule has 2 N–H and O–H groups in total. The second-order valence-corrected chi connectivity index (χ2v) is 4.98. The molecule has 3 heteroatoms.